The lowest BCUT2D eigenvalue weighted by molar-refractivity contribution is 0.184. The van der Waals surface area contributed by atoms with Crippen LogP contribution in [0.3, 0.4) is 0 Å². The average Bonchev–Trinajstić information content (AvgIpc) is 2.27. The Hall–Kier alpha value is -0.930. The topological polar surface area (TPSA) is 21.3 Å². The van der Waals surface area contributed by atoms with Gasteiger partial charge in [0.2, 0.25) is 0 Å². The third-order valence-corrected chi connectivity index (χ3v) is 2.71. The zero-order valence-electron chi connectivity index (χ0n) is 10.2. The zero-order chi connectivity index (χ0) is 12.0. The second-order valence-corrected chi connectivity index (χ2v) is 4.13. The molecule has 1 N–H and O–H groups in total. The van der Waals surface area contributed by atoms with Crippen LogP contribution in [0.4, 0.5) is 4.39 Å². The maximum atomic E-state index is 13.0. The van der Waals surface area contributed by atoms with Crippen LogP contribution in [0.2, 0.25) is 0 Å². The molecule has 16 heavy (non-hydrogen) atoms. The van der Waals surface area contributed by atoms with Crippen molar-refractivity contribution in [2.24, 2.45) is 0 Å². The van der Waals surface area contributed by atoms with Gasteiger partial charge in [-0.3, -0.25) is 0 Å². The van der Waals surface area contributed by atoms with Crippen LogP contribution in [-0.2, 0) is 11.3 Å². The van der Waals surface area contributed by atoms with Crippen molar-refractivity contribution in [2.45, 2.75) is 32.9 Å². The van der Waals surface area contributed by atoms with Crippen LogP contribution in [0, 0.1) is 12.7 Å². The molecule has 1 rings (SSSR count). The van der Waals surface area contributed by atoms with E-state index in [9.17, 15) is 4.39 Å². The maximum absolute atomic E-state index is 13.0. The maximum Gasteiger partial charge on any atom is 0.123 e. The number of nitrogens with one attached hydrogen (secondary N) is 1. The Balaban J connectivity index is 2.44. The highest BCUT2D eigenvalue weighted by atomic mass is 19.1. The number of benzene rings is 1. The number of halogens is 1. The van der Waals surface area contributed by atoms with E-state index in [4.69, 9.17) is 4.74 Å². The summed E-state index contributed by atoms with van der Waals surface area (Å²) < 4.78 is 18.0. The summed E-state index contributed by atoms with van der Waals surface area (Å²) in [7, 11) is 1.70. The van der Waals surface area contributed by atoms with Gasteiger partial charge in [0.1, 0.15) is 5.82 Å². The summed E-state index contributed by atoms with van der Waals surface area (Å²) in [6.45, 7) is 5.55. The molecule has 0 bridgehead atoms. The molecule has 0 fully saturated rings. The first-order valence-corrected chi connectivity index (χ1v) is 5.61. The van der Waals surface area contributed by atoms with Gasteiger partial charge in [0.15, 0.2) is 0 Å². The van der Waals surface area contributed by atoms with Crippen molar-refractivity contribution in [2.75, 3.05) is 13.7 Å². The van der Waals surface area contributed by atoms with Crippen LogP contribution in [0.25, 0.3) is 0 Å². The van der Waals surface area contributed by atoms with Gasteiger partial charge in [-0.2, -0.15) is 0 Å². The number of methoxy groups -OCH3 is 1. The fourth-order valence-corrected chi connectivity index (χ4v) is 1.51. The van der Waals surface area contributed by atoms with Crippen molar-refractivity contribution in [1.82, 2.24) is 5.32 Å². The molecule has 0 aliphatic carbocycles. The van der Waals surface area contributed by atoms with Crippen LogP contribution < -0.4 is 5.32 Å². The summed E-state index contributed by atoms with van der Waals surface area (Å²) in [6.07, 6.45) is 0.963. The third-order valence-electron chi connectivity index (χ3n) is 2.71. The van der Waals surface area contributed by atoms with Gasteiger partial charge in [0.05, 0.1) is 0 Å². The number of hydrogen-bond acceptors (Lipinski definition) is 2. The SMILES string of the molecule is COCCC(C)NCc1cc(F)ccc1C. The number of ether oxygens (including phenoxy) is 1. The van der Waals surface area contributed by atoms with E-state index in [-0.39, 0.29) is 5.82 Å². The minimum absolute atomic E-state index is 0.174. The molecule has 1 aromatic carbocycles. The molecule has 0 amide bonds. The summed E-state index contributed by atoms with van der Waals surface area (Å²) in [5.41, 5.74) is 2.14. The molecule has 2 nitrogen and oxygen atoms in total. The largest absolute Gasteiger partial charge is 0.385 e. The monoisotopic (exact) mass is 225 g/mol. The Kier molecular flexibility index (Phi) is 5.43. The molecule has 3 heteroatoms. The van der Waals surface area contributed by atoms with Gasteiger partial charge in [0, 0.05) is 26.3 Å². The molecular formula is C13H20FNO. The third kappa shape index (κ3) is 4.29. The molecule has 0 spiro atoms. The van der Waals surface area contributed by atoms with E-state index in [1.807, 2.05) is 13.0 Å². The quantitative estimate of drug-likeness (QED) is 0.803. The molecule has 0 saturated carbocycles. The predicted molar refractivity (Wildman–Crippen MR) is 63.9 cm³/mol. The van der Waals surface area contributed by atoms with Crippen molar-refractivity contribution < 1.29 is 9.13 Å². The predicted octanol–water partition coefficient (Wildman–Crippen LogP) is 2.65. The van der Waals surface area contributed by atoms with E-state index in [2.05, 4.69) is 12.2 Å². The lowest BCUT2D eigenvalue weighted by Gasteiger charge is -2.14. The van der Waals surface area contributed by atoms with E-state index in [0.29, 0.717) is 12.6 Å². The lowest BCUT2D eigenvalue weighted by atomic mass is 10.1. The first-order valence-electron chi connectivity index (χ1n) is 5.61. The summed E-state index contributed by atoms with van der Waals surface area (Å²) >= 11 is 0. The molecule has 0 radical (unpaired) electrons. The molecule has 1 aromatic rings. The van der Waals surface area contributed by atoms with E-state index in [1.54, 1.807) is 13.2 Å². The van der Waals surface area contributed by atoms with Crippen LogP contribution >= 0.6 is 0 Å². The lowest BCUT2D eigenvalue weighted by Crippen LogP contribution is -2.27. The van der Waals surface area contributed by atoms with Crippen LogP contribution in [0.5, 0.6) is 0 Å². The Labute approximate surface area is 96.8 Å². The van der Waals surface area contributed by atoms with E-state index in [0.717, 1.165) is 24.2 Å². The van der Waals surface area contributed by atoms with Crippen LogP contribution in [0.15, 0.2) is 18.2 Å². The second kappa shape index (κ2) is 6.61. The number of rotatable bonds is 6. The zero-order valence-corrected chi connectivity index (χ0v) is 10.2. The summed E-state index contributed by atoms with van der Waals surface area (Å²) in [4.78, 5) is 0. The summed E-state index contributed by atoms with van der Waals surface area (Å²) in [5.74, 6) is -0.174. The van der Waals surface area contributed by atoms with Crippen molar-refractivity contribution in [3.8, 4) is 0 Å². The van der Waals surface area contributed by atoms with Gasteiger partial charge < -0.3 is 10.1 Å². The first kappa shape index (κ1) is 13.1. The Morgan fingerprint density at radius 1 is 1.44 bits per heavy atom. The van der Waals surface area contributed by atoms with Gasteiger partial charge in [-0.25, -0.2) is 4.39 Å². The average molecular weight is 225 g/mol. The first-order chi connectivity index (χ1) is 7.63. The molecule has 1 unspecified atom stereocenters. The standard InChI is InChI=1S/C13H20FNO/c1-10-4-5-13(14)8-12(10)9-15-11(2)6-7-16-3/h4-5,8,11,15H,6-7,9H2,1-3H3. The Morgan fingerprint density at radius 2 is 2.19 bits per heavy atom. The number of hydrogen-bond donors (Lipinski definition) is 1. The minimum Gasteiger partial charge on any atom is -0.385 e. The van der Waals surface area contributed by atoms with Crippen molar-refractivity contribution in [1.29, 1.82) is 0 Å². The van der Waals surface area contributed by atoms with Gasteiger partial charge in [0.25, 0.3) is 0 Å². The van der Waals surface area contributed by atoms with Gasteiger partial charge in [-0.15, -0.1) is 0 Å². The van der Waals surface area contributed by atoms with Crippen molar-refractivity contribution >= 4 is 0 Å². The molecule has 1 atom stereocenters. The van der Waals surface area contributed by atoms with Gasteiger partial charge >= 0.3 is 0 Å². The smallest absolute Gasteiger partial charge is 0.123 e. The molecule has 0 saturated heterocycles. The molecule has 90 valence electrons. The van der Waals surface area contributed by atoms with Crippen molar-refractivity contribution in [3.63, 3.8) is 0 Å². The van der Waals surface area contributed by atoms with Crippen LogP contribution in [0.1, 0.15) is 24.5 Å². The Morgan fingerprint density at radius 3 is 2.88 bits per heavy atom. The molecule has 0 heterocycles. The van der Waals surface area contributed by atoms with E-state index in [1.165, 1.54) is 6.07 Å². The van der Waals surface area contributed by atoms with Crippen molar-refractivity contribution in [3.05, 3.63) is 35.1 Å². The highest BCUT2D eigenvalue weighted by molar-refractivity contribution is 5.26. The minimum atomic E-state index is -0.174. The van der Waals surface area contributed by atoms with E-state index < -0.39 is 0 Å². The highest BCUT2D eigenvalue weighted by Crippen LogP contribution is 2.10. The number of aryl methyl sites for hydroxylation is 1. The fourth-order valence-electron chi connectivity index (χ4n) is 1.51. The van der Waals surface area contributed by atoms with Gasteiger partial charge in [-0.05, 0) is 43.5 Å². The van der Waals surface area contributed by atoms with E-state index >= 15 is 0 Å². The normalized spacial score (nSPS) is 12.8. The molecular weight excluding hydrogens is 205 g/mol. The highest BCUT2D eigenvalue weighted by Gasteiger charge is 2.04. The summed E-state index contributed by atoms with van der Waals surface area (Å²) in [6, 6.07) is 5.27. The summed E-state index contributed by atoms with van der Waals surface area (Å²) in [5, 5.41) is 3.36. The Bertz CT molecular complexity index is 328. The molecule has 0 aromatic heterocycles. The molecule has 0 aliphatic rings. The molecule has 0 aliphatic heterocycles. The van der Waals surface area contributed by atoms with Crippen LogP contribution in [-0.4, -0.2) is 19.8 Å². The second-order valence-electron chi connectivity index (χ2n) is 4.13. The van der Waals surface area contributed by atoms with Gasteiger partial charge in [-0.1, -0.05) is 6.07 Å². The fraction of sp³-hybridized carbons (Fsp3) is 0.538.